The van der Waals surface area contributed by atoms with Crippen molar-refractivity contribution >= 4 is 0 Å². The molecule has 1 N–H and O–H groups in total. The van der Waals surface area contributed by atoms with Crippen LogP contribution in [0.5, 0.6) is 0 Å². The van der Waals surface area contributed by atoms with Crippen LogP contribution in [0.2, 0.25) is 0 Å². The number of benzene rings is 1. The van der Waals surface area contributed by atoms with Crippen LogP contribution >= 0.6 is 0 Å². The number of nitrogens with one attached hydrogen (secondary N) is 1. The molecule has 0 spiro atoms. The summed E-state index contributed by atoms with van der Waals surface area (Å²) in [5.41, 5.74) is 3.84. The SMILES string of the molecule is CCn1cc(-c2ccc(F)c(CNC3CC3)c2)c(C)n1. The van der Waals surface area contributed by atoms with Crippen molar-refractivity contribution in [1.82, 2.24) is 15.1 Å². The van der Waals surface area contributed by atoms with Crippen LogP contribution in [0.1, 0.15) is 31.0 Å². The normalized spacial score (nSPS) is 14.8. The average Bonchev–Trinajstić information content (AvgIpc) is 3.20. The van der Waals surface area contributed by atoms with E-state index in [1.54, 1.807) is 6.07 Å². The van der Waals surface area contributed by atoms with Gasteiger partial charge in [-0.15, -0.1) is 0 Å². The molecular weight excluding hydrogens is 253 g/mol. The van der Waals surface area contributed by atoms with Crippen molar-refractivity contribution in [3.05, 3.63) is 41.5 Å². The van der Waals surface area contributed by atoms with Crippen LogP contribution < -0.4 is 5.32 Å². The Labute approximate surface area is 118 Å². The smallest absolute Gasteiger partial charge is 0.127 e. The van der Waals surface area contributed by atoms with Crippen molar-refractivity contribution in [2.24, 2.45) is 0 Å². The highest BCUT2D eigenvalue weighted by atomic mass is 19.1. The quantitative estimate of drug-likeness (QED) is 0.906. The predicted octanol–water partition coefficient (Wildman–Crippen LogP) is 3.27. The minimum atomic E-state index is -0.137. The predicted molar refractivity (Wildman–Crippen MR) is 77.9 cm³/mol. The number of rotatable bonds is 5. The summed E-state index contributed by atoms with van der Waals surface area (Å²) in [6.07, 6.45) is 4.45. The summed E-state index contributed by atoms with van der Waals surface area (Å²) in [6.45, 7) is 5.50. The zero-order valence-electron chi connectivity index (χ0n) is 12.0. The third-order valence-electron chi connectivity index (χ3n) is 3.79. The van der Waals surface area contributed by atoms with E-state index in [9.17, 15) is 4.39 Å². The van der Waals surface area contributed by atoms with Crippen molar-refractivity contribution in [2.75, 3.05) is 0 Å². The van der Waals surface area contributed by atoms with Crippen molar-refractivity contribution in [3.8, 4) is 11.1 Å². The highest BCUT2D eigenvalue weighted by Crippen LogP contribution is 2.26. The monoisotopic (exact) mass is 273 g/mol. The number of aromatic nitrogens is 2. The fourth-order valence-electron chi connectivity index (χ4n) is 2.38. The van der Waals surface area contributed by atoms with Crippen molar-refractivity contribution in [2.45, 2.75) is 45.8 Å². The van der Waals surface area contributed by atoms with E-state index in [0.29, 0.717) is 12.6 Å². The maximum atomic E-state index is 13.9. The lowest BCUT2D eigenvalue weighted by molar-refractivity contribution is 0.587. The molecule has 0 amide bonds. The van der Waals surface area contributed by atoms with E-state index >= 15 is 0 Å². The van der Waals surface area contributed by atoms with E-state index in [1.165, 1.54) is 12.8 Å². The minimum Gasteiger partial charge on any atom is -0.310 e. The molecule has 4 heteroatoms. The van der Waals surface area contributed by atoms with E-state index in [0.717, 1.165) is 28.9 Å². The van der Waals surface area contributed by atoms with Crippen LogP contribution in [0, 0.1) is 12.7 Å². The Balaban J connectivity index is 1.88. The zero-order valence-corrected chi connectivity index (χ0v) is 12.0. The van der Waals surface area contributed by atoms with Crippen molar-refractivity contribution in [1.29, 1.82) is 0 Å². The summed E-state index contributed by atoms with van der Waals surface area (Å²) in [6, 6.07) is 5.92. The summed E-state index contributed by atoms with van der Waals surface area (Å²) in [7, 11) is 0. The molecule has 0 radical (unpaired) electrons. The molecule has 1 fully saturated rings. The Morgan fingerprint density at radius 1 is 1.40 bits per heavy atom. The molecule has 1 heterocycles. The molecule has 1 aromatic heterocycles. The third-order valence-corrected chi connectivity index (χ3v) is 3.79. The Morgan fingerprint density at radius 2 is 2.20 bits per heavy atom. The molecule has 0 atom stereocenters. The molecule has 1 aliphatic carbocycles. The van der Waals surface area contributed by atoms with Gasteiger partial charge < -0.3 is 5.32 Å². The Kier molecular flexibility index (Phi) is 3.57. The second-order valence-electron chi connectivity index (χ2n) is 5.45. The molecule has 0 saturated heterocycles. The summed E-state index contributed by atoms with van der Waals surface area (Å²) >= 11 is 0. The van der Waals surface area contributed by atoms with E-state index < -0.39 is 0 Å². The van der Waals surface area contributed by atoms with Gasteiger partial charge in [0, 0.05) is 36.5 Å². The summed E-state index contributed by atoms with van der Waals surface area (Å²) < 4.78 is 15.8. The number of aryl methyl sites for hydroxylation is 2. The molecule has 1 aromatic carbocycles. The van der Waals surface area contributed by atoms with Gasteiger partial charge >= 0.3 is 0 Å². The lowest BCUT2D eigenvalue weighted by atomic mass is 10.0. The van der Waals surface area contributed by atoms with Crippen molar-refractivity contribution < 1.29 is 4.39 Å². The van der Waals surface area contributed by atoms with Crippen LogP contribution in [0.15, 0.2) is 24.4 Å². The van der Waals surface area contributed by atoms with Crippen LogP contribution in [-0.2, 0) is 13.1 Å². The van der Waals surface area contributed by atoms with Gasteiger partial charge in [-0.3, -0.25) is 4.68 Å². The highest BCUT2D eigenvalue weighted by Gasteiger charge is 2.20. The lowest BCUT2D eigenvalue weighted by Crippen LogP contribution is -2.16. The van der Waals surface area contributed by atoms with Gasteiger partial charge in [0.15, 0.2) is 0 Å². The molecule has 106 valence electrons. The van der Waals surface area contributed by atoms with Crippen LogP contribution in [0.3, 0.4) is 0 Å². The largest absolute Gasteiger partial charge is 0.310 e. The summed E-state index contributed by atoms with van der Waals surface area (Å²) in [4.78, 5) is 0. The van der Waals surface area contributed by atoms with E-state index in [-0.39, 0.29) is 5.82 Å². The van der Waals surface area contributed by atoms with Gasteiger partial charge in [-0.2, -0.15) is 5.10 Å². The highest BCUT2D eigenvalue weighted by molar-refractivity contribution is 5.65. The molecule has 3 nitrogen and oxygen atoms in total. The standard InChI is InChI=1S/C16H20FN3/c1-3-20-10-15(11(2)19-20)12-4-7-16(17)13(8-12)9-18-14-5-6-14/h4,7-8,10,14,18H,3,5-6,9H2,1-2H3. The second kappa shape index (κ2) is 5.37. The topological polar surface area (TPSA) is 29.9 Å². The number of hydrogen-bond acceptors (Lipinski definition) is 2. The molecule has 2 aromatic rings. The fourth-order valence-corrected chi connectivity index (χ4v) is 2.38. The fraction of sp³-hybridized carbons (Fsp3) is 0.438. The first-order valence-corrected chi connectivity index (χ1v) is 7.23. The zero-order chi connectivity index (χ0) is 14.1. The first-order valence-electron chi connectivity index (χ1n) is 7.23. The molecule has 0 unspecified atom stereocenters. The minimum absolute atomic E-state index is 0.137. The number of halogens is 1. The Morgan fingerprint density at radius 3 is 2.85 bits per heavy atom. The van der Waals surface area contributed by atoms with Gasteiger partial charge in [-0.1, -0.05) is 6.07 Å². The molecule has 3 rings (SSSR count). The second-order valence-corrected chi connectivity index (χ2v) is 5.45. The van der Waals surface area contributed by atoms with Crippen LogP contribution in [0.4, 0.5) is 4.39 Å². The molecule has 20 heavy (non-hydrogen) atoms. The summed E-state index contributed by atoms with van der Waals surface area (Å²) in [5, 5.41) is 7.81. The maximum absolute atomic E-state index is 13.9. The van der Waals surface area contributed by atoms with Gasteiger partial charge in [-0.05, 0) is 44.4 Å². The van der Waals surface area contributed by atoms with E-state index in [4.69, 9.17) is 0 Å². The first kappa shape index (κ1) is 13.3. The Hall–Kier alpha value is -1.68. The Bertz CT molecular complexity index is 614. The van der Waals surface area contributed by atoms with E-state index in [1.807, 2.05) is 29.9 Å². The van der Waals surface area contributed by atoms with E-state index in [2.05, 4.69) is 17.3 Å². The van der Waals surface area contributed by atoms with Gasteiger partial charge in [0.2, 0.25) is 0 Å². The van der Waals surface area contributed by atoms with Crippen LogP contribution in [0.25, 0.3) is 11.1 Å². The first-order chi connectivity index (χ1) is 9.67. The number of nitrogens with zero attached hydrogens (tertiary/aromatic N) is 2. The van der Waals surface area contributed by atoms with Crippen molar-refractivity contribution in [3.63, 3.8) is 0 Å². The molecule has 1 saturated carbocycles. The molecular formula is C16H20FN3. The maximum Gasteiger partial charge on any atom is 0.127 e. The average molecular weight is 273 g/mol. The lowest BCUT2D eigenvalue weighted by Gasteiger charge is -2.07. The molecule has 1 aliphatic rings. The van der Waals surface area contributed by atoms with Gasteiger partial charge in [0.05, 0.1) is 5.69 Å². The third kappa shape index (κ3) is 2.75. The van der Waals surface area contributed by atoms with Crippen LogP contribution in [-0.4, -0.2) is 15.8 Å². The number of hydrogen-bond donors (Lipinski definition) is 1. The summed E-state index contributed by atoms with van der Waals surface area (Å²) in [5.74, 6) is -0.137. The molecule has 0 aliphatic heterocycles. The van der Waals surface area contributed by atoms with Gasteiger partial charge in [0.25, 0.3) is 0 Å². The van der Waals surface area contributed by atoms with Gasteiger partial charge in [-0.25, -0.2) is 4.39 Å². The van der Waals surface area contributed by atoms with Gasteiger partial charge in [0.1, 0.15) is 5.82 Å². The molecule has 0 bridgehead atoms.